The largest absolute Gasteiger partial charge is 0.344 e. The van der Waals surface area contributed by atoms with Crippen molar-refractivity contribution < 1.29 is 9.18 Å². The fourth-order valence-electron chi connectivity index (χ4n) is 4.78. The summed E-state index contributed by atoms with van der Waals surface area (Å²) in [5.74, 6) is 1.14. The second-order valence-corrected chi connectivity index (χ2v) is 7.34. The minimum atomic E-state index is -0.274. The van der Waals surface area contributed by atoms with Crippen molar-refractivity contribution in [2.75, 3.05) is 0 Å². The number of fused-ring (bicyclic) bond motifs is 3. The van der Waals surface area contributed by atoms with Gasteiger partial charge in [-0.2, -0.15) is 0 Å². The van der Waals surface area contributed by atoms with E-state index in [1.54, 1.807) is 6.20 Å². The van der Waals surface area contributed by atoms with Crippen LogP contribution in [0.3, 0.4) is 0 Å². The highest BCUT2D eigenvalue weighted by molar-refractivity contribution is 6.11. The van der Waals surface area contributed by atoms with Crippen molar-refractivity contribution in [3.8, 4) is 0 Å². The maximum atomic E-state index is 13.9. The number of Topliss-reactive ketones (excluding diaryl/α,β-unsaturated/α-hetero) is 1. The molecule has 5 rings (SSSR count). The van der Waals surface area contributed by atoms with E-state index in [-0.39, 0.29) is 17.5 Å². The Kier molecular flexibility index (Phi) is 3.14. The number of carbonyl (C=O) groups is 1. The summed E-state index contributed by atoms with van der Waals surface area (Å²) in [4.78, 5) is 17.6. The lowest BCUT2D eigenvalue weighted by atomic mass is 9.75. The zero-order valence-electron chi connectivity index (χ0n) is 14.2. The molecular weight excluding hydrogens is 317 g/mol. The Balaban J connectivity index is 1.67. The predicted octanol–water partition coefficient (Wildman–Crippen LogP) is 4.07. The standard InChI is InChI=1S/C20H20FN3O/c1-12-22-6-8-23(12)11-14-9-13-3-2-7-24-17-5-4-15(21)10-16(17)18(19(13)24)20(14)25/h4-6,8,10,13-14H,2-3,7,9,11H2,1H3. The van der Waals surface area contributed by atoms with E-state index in [1.165, 1.54) is 12.1 Å². The Bertz CT molecular complexity index is 1000. The zero-order chi connectivity index (χ0) is 17.1. The van der Waals surface area contributed by atoms with Crippen molar-refractivity contribution in [1.29, 1.82) is 0 Å². The van der Waals surface area contributed by atoms with Gasteiger partial charge in [-0.1, -0.05) is 0 Å². The van der Waals surface area contributed by atoms with E-state index in [0.717, 1.165) is 53.8 Å². The lowest BCUT2D eigenvalue weighted by Gasteiger charge is -2.33. The second-order valence-electron chi connectivity index (χ2n) is 7.34. The van der Waals surface area contributed by atoms with Crippen molar-refractivity contribution >= 4 is 16.7 Å². The third-order valence-corrected chi connectivity index (χ3v) is 5.91. The monoisotopic (exact) mass is 337 g/mol. The van der Waals surface area contributed by atoms with Gasteiger partial charge in [0.05, 0.1) is 0 Å². The van der Waals surface area contributed by atoms with Crippen LogP contribution >= 0.6 is 0 Å². The van der Waals surface area contributed by atoms with Gasteiger partial charge in [0.1, 0.15) is 11.6 Å². The molecule has 0 radical (unpaired) electrons. The maximum absolute atomic E-state index is 13.9. The van der Waals surface area contributed by atoms with Gasteiger partial charge in [0, 0.05) is 59.5 Å². The number of aromatic nitrogens is 3. The Labute approximate surface area is 145 Å². The van der Waals surface area contributed by atoms with Crippen LogP contribution in [0.5, 0.6) is 0 Å². The molecule has 0 saturated heterocycles. The number of nitrogens with zero attached hydrogens (tertiary/aromatic N) is 3. The molecule has 0 N–H and O–H groups in total. The summed E-state index contributed by atoms with van der Waals surface area (Å²) < 4.78 is 18.2. The number of ketones is 1. The van der Waals surface area contributed by atoms with Crippen LogP contribution in [0, 0.1) is 18.7 Å². The highest BCUT2D eigenvalue weighted by Gasteiger charge is 2.39. The van der Waals surface area contributed by atoms with Gasteiger partial charge in [-0.05, 0) is 44.4 Å². The van der Waals surface area contributed by atoms with E-state index >= 15 is 0 Å². The number of rotatable bonds is 2. The Morgan fingerprint density at radius 3 is 3.04 bits per heavy atom. The summed E-state index contributed by atoms with van der Waals surface area (Å²) in [6.07, 6.45) is 6.81. The molecular formula is C20H20FN3O. The number of hydrogen-bond donors (Lipinski definition) is 0. The SMILES string of the molecule is Cc1nccn1CC1CC2CCCn3c2c(c2cc(F)ccc23)C1=O. The third kappa shape index (κ3) is 2.11. The molecule has 1 aromatic carbocycles. The predicted molar refractivity (Wildman–Crippen MR) is 93.3 cm³/mol. The van der Waals surface area contributed by atoms with E-state index in [1.807, 2.05) is 19.2 Å². The molecule has 3 heterocycles. The molecule has 0 amide bonds. The summed E-state index contributed by atoms with van der Waals surface area (Å²) in [5.41, 5.74) is 2.92. The number of imidazole rings is 1. The first-order valence-electron chi connectivity index (χ1n) is 8.97. The fourth-order valence-corrected chi connectivity index (χ4v) is 4.78. The highest BCUT2D eigenvalue weighted by Crippen LogP contribution is 2.45. The minimum absolute atomic E-state index is 0.0641. The fraction of sp³-hybridized carbons (Fsp3) is 0.400. The van der Waals surface area contributed by atoms with Crippen LogP contribution in [-0.4, -0.2) is 19.9 Å². The molecule has 128 valence electrons. The first-order chi connectivity index (χ1) is 12.1. The zero-order valence-corrected chi connectivity index (χ0v) is 14.2. The Morgan fingerprint density at radius 2 is 2.24 bits per heavy atom. The minimum Gasteiger partial charge on any atom is -0.344 e. The lowest BCUT2D eigenvalue weighted by Crippen LogP contribution is -2.31. The Morgan fingerprint density at radius 1 is 1.36 bits per heavy atom. The topological polar surface area (TPSA) is 39.8 Å². The van der Waals surface area contributed by atoms with Gasteiger partial charge in [0.15, 0.2) is 5.78 Å². The van der Waals surface area contributed by atoms with Crippen LogP contribution in [0.15, 0.2) is 30.6 Å². The number of carbonyl (C=O) groups excluding carboxylic acids is 1. The summed E-state index contributed by atoms with van der Waals surface area (Å²) in [6.45, 7) is 3.54. The maximum Gasteiger partial charge on any atom is 0.170 e. The highest BCUT2D eigenvalue weighted by atomic mass is 19.1. The average Bonchev–Trinajstić information content (AvgIpc) is 3.14. The van der Waals surface area contributed by atoms with Gasteiger partial charge in [0.25, 0.3) is 0 Å². The molecule has 2 aromatic heterocycles. The van der Waals surface area contributed by atoms with Gasteiger partial charge in [-0.15, -0.1) is 0 Å². The number of halogens is 1. The van der Waals surface area contributed by atoms with E-state index in [2.05, 4.69) is 14.1 Å². The molecule has 0 fully saturated rings. The average molecular weight is 337 g/mol. The van der Waals surface area contributed by atoms with Crippen molar-refractivity contribution in [3.05, 3.63) is 53.5 Å². The molecule has 1 aliphatic carbocycles. The molecule has 4 nitrogen and oxygen atoms in total. The third-order valence-electron chi connectivity index (χ3n) is 5.91. The van der Waals surface area contributed by atoms with Gasteiger partial charge >= 0.3 is 0 Å². The van der Waals surface area contributed by atoms with Crippen molar-refractivity contribution in [2.24, 2.45) is 5.92 Å². The number of benzene rings is 1. The van der Waals surface area contributed by atoms with Crippen molar-refractivity contribution in [1.82, 2.24) is 14.1 Å². The van der Waals surface area contributed by atoms with Gasteiger partial charge in [0.2, 0.25) is 0 Å². The first kappa shape index (κ1) is 14.9. The summed E-state index contributed by atoms with van der Waals surface area (Å²) >= 11 is 0. The molecule has 2 unspecified atom stereocenters. The van der Waals surface area contributed by atoms with Crippen LogP contribution in [0.1, 0.15) is 47.1 Å². The molecule has 2 atom stereocenters. The number of hydrogen-bond acceptors (Lipinski definition) is 2. The first-order valence-corrected chi connectivity index (χ1v) is 8.97. The molecule has 0 bridgehead atoms. The van der Waals surface area contributed by atoms with Crippen LogP contribution in [0.2, 0.25) is 0 Å². The van der Waals surface area contributed by atoms with E-state index < -0.39 is 0 Å². The van der Waals surface area contributed by atoms with Crippen LogP contribution < -0.4 is 0 Å². The number of aryl methyl sites for hydroxylation is 2. The van der Waals surface area contributed by atoms with E-state index in [0.29, 0.717) is 12.5 Å². The summed E-state index contributed by atoms with van der Waals surface area (Å²) in [7, 11) is 0. The van der Waals surface area contributed by atoms with E-state index in [9.17, 15) is 9.18 Å². The van der Waals surface area contributed by atoms with Crippen molar-refractivity contribution in [3.63, 3.8) is 0 Å². The van der Waals surface area contributed by atoms with Gasteiger partial charge in [-0.3, -0.25) is 4.79 Å². The molecule has 5 heteroatoms. The molecule has 0 spiro atoms. The summed E-state index contributed by atoms with van der Waals surface area (Å²) in [5, 5.41) is 0.791. The molecule has 2 aliphatic rings. The lowest BCUT2D eigenvalue weighted by molar-refractivity contribution is 0.0870. The normalized spacial score (nSPS) is 22.4. The molecule has 0 saturated carbocycles. The van der Waals surface area contributed by atoms with Crippen LogP contribution in [-0.2, 0) is 13.1 Å². The molecule has 1 aliphatic heterocycles. The smallest absolute Gasteiger partial charge is 0.170 e. The molecule has 3 aromatic rings. The van der Waals surface area contributed by atoms with Crippen LogP contribution in [0.4, 0.5) is 4.39 Å². The van der Waals surface area contributed by atoms with Crippen molar-refractivity contribution in [2.45, 2.75) is 45.2 Å². The Hall–Kier alpha value is -2.43. The summed E-state index contributed by atoms with van der Waals surface area (Å²) in [6, 6.07) is 4.86. The van der Waals surface area contributed by atoms with E-state index in [4.69, 9.17) is 0 Å². The van der Waals surface area contributed by atoms with Crippen LogP contribution in [0.25, 0.3) is 10.9 Å². The van der Waals surface area contributed by atoms with Gasteiger partial charge < -0.3 is 9.13 Å². The quantitative estimate of drug-likeness (QED) is 0.707. The molecule has 25 heavy (non-hydrogen) atoms. The second kappa shape index (κ2) is 5.28. The van der Waals surface area contributed by atoms with Gasteiger partial charge in [-0.25, -0.2) is 9.37 Å².